The Hall–Kier alpha value is -4.08. The van der Waals surface area contributed by atoms with Gasteiger partial charge in [-0.15, -0.1) is 0 Å². The molecule has 4 aromatic rings. The number of hydrogen-bond donors (Lipinski definition) is 1. The van der Waals surface area contributed by atoms with Crippen LogP contribution in [0, 0.1) is 11.6 Å². The highest BCUT2D eigenvalue weighted by atomic mass is 19.1. The summed E-state index contributed by atoms with van der Waals surface area (Å²) in [5, 5.41) is 0. The average molecular weight is 411 g/mol. The van der Waals surface area contributed by atoms with Crippen LogP contribution in [0.4, 0.5) is 8.78 Å². The number of amides is 2. The number of carbonyl (C=O) groups excluding carboxylic acids is 2. The highest BCUT2D eigenvalue weighted by Crippen LogP contribution is 2.23. The molecule has 2 amide bonds. The van der Waals surface area contributed by atoms with Crippen molar-refractivity contribution in [3.63, 3.8) is 0 Å². The van der Waals surface area contributed by atoms with Gasteiger partial charge in [0.15, 0.2) is 17.1 Å². The van der Waals surface area contributed by atoms with Crippen LogP contribution in [0.15, 0.2) is 53.4 Å². The van der Waals surface area contributed by atoms with Gasteiger partial charge in [0.2, 0.25) is 0 Å². The number of fused-ring (bicyclic) bond motifs is 1. The van der Waals surface area contributed by atoms with E-state index in [0.717, 1.165) is 12.1 Å². The van der Waals surface area contributed by atoms with Gasteiger partial charge in [-0.3, -0.25) is 14.0 Å². The lowest BCUT2D eigenvalue weighted by atomic mass is 10.2. The van der Waals surface area contributed by atoms with Gasteiger partial charge in [0, 0.05) is 25.2 Å². The first-order valence-electron chi connectivity index (χ1n) is 8.76. The monoisotopic (exact) mass is 411 g/mol. The maximum atomic E-state index is 14.0. The summed E-state index contributed by atoms with van der Waals surface area (Å²) in [6, 6.07) is 7.90. The second-order valence-corrected chi connectivity index (χ2v) is 6.55. The smallest absolute Gasteiger partial charge is 0.271 e. The molecule has 0 saturated heterocycles. The number of primary amides is 1. The van der Waals surface area contributed by atoms with Crippen molar-refractivity contribution in [2.45, 2.75) is 6.54 Å². The summed E-state index contributed by atoms with van der Waals surface area (Å²) in [5.74, 6) is -2.41. The maximum Gasteiger partial charge on any atom is 0.271 e. The summed E-state index contributed by atoms with van der Waals surface area (Å²) in [6.45, 7) is -0.109. The van der Waals surface area contributed by atoms with E-state index in [0.29, 0.717) is 11.5 Å². The standard InChI is InChI=1S/C20H15F2N5O3/c1-26(9-11-4-5-12(21)7-13(11)22)20(29)15-8-14(16-3-2-6-30-16)25-19-17(18(23)28)24-10-27(15)19/h2-8,10H,9H2,1H3,(H2,23,28). The third-order valence-corrected chi connectivity index (χ3v) is 4.50. The van der Waals surface area contributed by atoms with E-state index in [1.165, 1.54) is 41.1 Å². The van der Waals surface area contributed by atoms with Crippen molar-refractivity contribution < 1.29 is 22.8 Å². The number of furan rings is 1. The van der Waals surface area contributed by atoms with Crippen LogP contribution in [0.1, 0.15) is 26.5 Å². The third-order valence-electron chi connectivity index (χ3n) is 4.50. The minimum absolute atomic E-state index is 0.0844. The number of nitrogens with zero attached hydrogens (tertiary/aromatic N) is 4. The zero-order valence-electron chi connectivity index (χ0n) is 15.7. The Balaban J connectivity index is 1.78. The normalized spacial score (nSPS) is 11.0. The van der Waals surface area contributed by atoms with Crippen molar-refractivity contribution in [3.8, 4) is 11.5 Å². The van der Waals surface area contributed by atoms with Gasteiger partial charge in [0.1, 0.15) is 29.3 Å². The quantitative estimate of drug-likeness (QED) is 0.543. The molecule has 0 radical (unpaired) electrons. The third kappa shape index (κ3) is 3.39. The molecule has 0 aliphatic rings. The Morgan fingerprint density at radius 1 is 1.23 bits per heavy atom. The molecular weight excluding hydrogens is 396 g/mol. The molecule has 152 valence electrons. The topological polar surface area (TPSA) is 107 Å². The molecule has 0 atom stereocenters. The Morgan fingerprint density at radius 2 is 2.03 bits per heavy atom. The van der Waals surface area contributed by atoms with E-state index in [4.69, 9.17) is 10.2 Å². The summed E-state index contributed by atoms with van der Waals surface area (Å²) in [4.78, 5) is 34.4. The molecule has 3 heterocycles. The Morgan fingerprint density at radius 3 is 2.70 bits per heavy atom. The van der Waals surface area contributed by atoms with Gasteiger partial charge in [0.25, 0.3) is 11.8 Å². The molecule has 30 heavy (non-hydrogen) atoms. The van der Waals surface area contributed by atoms with Crippen LogP contribution in [0.3, 0.4) is 0 Å². The number of aromatic nitrogens is 3. The molecule has 0 bridgehead atoms. The Labute approximate surface area is 168 Å². The summed E-state index contributed by atoms with van der Waals surface area (Å²) in [6.07, 6.45) is 2.70. The average Bonchev–Trinajstić information content (AvgIpc) is 3.38. The lowest BCUT2D eigenvalue weighted by Gasteiger charge is -2.19. The van der Waals surface area contributed by atoms with Crippen LogP contribution in [0.5, 0.6) is 0 Å². The first-order chi connectivity index (χ1) is 14.3. The van der Waals surface area contributed by atoms with E-state index in [1.807, 2.05) is 0 Å². The summed E-state index contributed by atoms with van der Waals surface area (Å²) in [7, 11) is 1.47. The van der Waals surface area contributed by atoms with Crippen molar-refractivity contribution in [2.24, 2.45) is 5.73 Å². The van der Waals surface area contributed by atoms with Gasteiger partial charge in [-0.25, -0.2) is 18.7 Å². The first kappa shape index (κ1) is 19.2. The van der Waals surface area contributed by atoms with Gasteiger partial charge in [0.05, 0.1) is 6.26 Å². The van der Waals surface area contributed by atoms with E-state index < -0.39 is 23.4 Å². The van der Waals surface area contributed by atoms with Gasteiger partial charge in [-0.2, -0.15) is 0 Å². The SMILES string of the molecule is CN(Cc1ccc(F)cc1F)C(=O)c1cc(-c2ccco2)nc2c(C(N)=O)ncn12. The van der Waals surface area contributed by atoms with Crippen molar-refractivity contribution in [3.05, 3.63) is 77.6 Å². The van der Waals surface area contributed by atoms with Crippen LogP contribution in [-0.4, -0.2) is 38.1 Å². The van der Waals surface area contributed by atoms with Gasteiger partial charge in [-0.05, 0) is 24.3 Å². The zero-order chi connectivity index (χ0) is 21.4. The van der Waals surface area contributed by atoms with E-state index >= 15 is 0 Å². The predicted molar refractivity (Wildman–Crippen MR) is 101 cm³/mol. The summed E-state index contributed by atoms with van der Waals surface area (Å²) >= 11 is 0. The maximum absolute atomic E-state index is 14.0. The lowest BCUT2D eigenvalue weighted by molar-refractivity contribution is 0.0776. The number of hydrogen-bond acceptors (Lipinski definition) is 5. The second-order valence-electron chi connectivity index (χ2n) is 6.55. The van der Waals surface area contributed by atoms with Crippen LogP contribution in [-0.2, 0) is 6.54 Å². The van der Waals surface area contributed by atoms with E-state index in [9.17, 15) is 18.4 Å². The van der Waals surface area contributed by atoms with Crippen molar-refractivity contribution in [2.75, 3.05) is 7.05 Å². The molecule has 1 aromatic carbocycles. The van der Waals surface area contributed by atoms with E-state index in [2.05, 4.69) is 9.97 Å². The predicted octanol–water partition coefficient (Wildman–Crippen LogP) is 2.64. The van der Waals surface area contributed by atoms with Crippen LogP contribution >= 0.6 is 0 Å². The Kier molecular flexibility index (Phi) is 4.74. The molecule has 10 heteroatoms. The molecule has 8 nitrogen and oxygen atoms in total. The molecule has 0 unspecified atom stereocenters. The molecule has 2 N–H and O–H groups in total. The first-order valence-corrected chi connectivity index (χ1v) is 8.76. The van der Waals surface area contributed by atoms with Crippen molar-refractivity contribution in [1.82, 2.24) is 19.3 Å². The number of carbonyl (C=O) groups is 2. The molecule has 0 saturated carbocycles. The van der Waals surface area contributed by atoms with E-state index in [1.54, 1.807) is 12.1 Å². The largest absolute Gasteiger partial charge is 0.463 e. The molecular formula is C20H15F2N5O3. The van der Waals surface area contributed by atoms with Gasteiger partial charge < -0.3 is 15.1 Å². The van der Waals surface area contributed by atoms with Crippen molar-refractivity contribution in [1.29, 1.82) is 0 Å². The van der Waals surface area contributed by atoms with Gasteiger partial charge in [-0.1, -0.05) is 6.07 Å². The fourth-order valence-corrected chi connectivity index (χ4v) is 3.03. The zero-order valence-corrected chi connectivity index (χ0v) is 15.7. The molecule has 0 aliphatic heterocycles. The highest BCUT2D eigenvalue weighted by molar-refractivity contribution is 5.99. The lowest BCUT2D eigenvalue weighted by Crippen LogP contribution is -2.28. The Bertz CT molecular complexity index is 1270. The number of rotatable bonds is 5. The minimum atomic E-state index is -0.804. The van der Waals surface area contributed by atoms with Crippen LogP contribution in [0.2, 0.25) is 0 Å². The van der Waals surface area contributed by atoms with E-state index in [-0.39, 0.29) is 29.1 Å². The molecule has 0 fully saturated rings. The fraction of sp³-hybridized carbons (Fsp3) is 0.100. The number of imidazole rings is 1. The fourth-order valence-electron chi connectivity index (χ4n) is 3.03. The van der Waals surface area contributed by atoms with Gasteiger partial charge >= 0.3 is 0 Å². The van der Waals surface area contributed by atoms with Crippen LogP contribution < -0.4 is 5.73 Å². The summed E-state index contributed by atoms with van der Waals surface area (Å²) in [5.41, 5.74) is 5.89. The molecule has 3 aromatic heterocycles. The molecule has 0 spiro atoms. The molecule has 4 rings (SSSR count). The second kappa shape index (κ2) is 7.39. The minimum Gasteiger partial charge on any atom is -0.463 e. The van der Waals surface area contributed by atoms with Crippen LogP contribution in [0.25, 0.3) is 17.1 Å². The number of halogens is 2. The highest BCUT2D eigenvalue weighted by Gasteiger charge is 2.23. The number of nitrogens with two attached hydrogens (primary N) is 1. The number of benzene rings is 1. The summed E-state index contributed by atoms with van der Waals surface area (Å²) < 4.78 is 33.8. The molecule has 0 aliphatic carbocycles. The van der Waals surface area contributed by atoms with Crippen molar-refractivity contribution >= 4 is 17.5 Å².